The Labute approximate surface area is 446 Å². The average Bonchev–Trinajstić information content (AvgIpc) is 3.40. The molecule has 1 atom stereocenters. The third kappa shape index (κ3) is 13.9. The van der Waals surface area contributed by atoms with Crippen molar-refractivity contribution in [2.75, 3.05) is 6.61 Å². The van der Waals surface area contributed by atoms with Gasteiger partial charge in [-0.15, -0.1) is 0 Å². The van der Waals surface area contributed by atoms with Crippen LogP contribution in [0.3, 0.4) is 0 Å². The van der Waals surface area contributed by atoms with Gasteiger partial charge in [0.1, 0.15) is 34.6 Å². The molecule has 18 heteroatoms. The summed E-state index contributed by atoms with van der Waals surface area (Å²) in [4.78, 5) is 80.9. The van der Waals surface area contributed by atoms with Gasteiger partial charge in [0, 0.05) is 64.2 Å². The number of hydrogen-bond acceptors (Lipinski definition) is 12. The van der Waals surface area contributed by atoms with Crippen molar-refractivity contribution in [1.82, 2.24) is 28.2 Å². The number of unbranched alkanes of at least 4 members (excludes halogenated alkanes) is 1. The summed E-state index contributed by atoms with van der Waals surface area (Å²) in [5.74, 6) is 2.59. The van der Waals surface area contributed by atoms with E-state index in [1.165, 1.54) is 19.9 Å². The second kappa shape index (κ2) is 27.5. The maximum absolute atomic E-state index is 13.7. The number of ether oxygens (including phenoxy) is 3. The largest absolute Gasteiger partial charge is 0.483 e. The van der Waals surface area contributed by atoms with E-state index in [0.29, 0.717) is 89.1 Å². The van der Waals surface area contributed by atoms with Gasteiger partial charge >= 0.3 is 11.4 Å². The number of rotatable bonds is 18. The molecule has 388 valence electrons. The molecular weight excluding hydrogens is 1010 g/mol. The van der Waals surface area contributed by atoms with Gasteiger partial charge in [0.2, 0.25) is 0 Å². The van der Waals surface area contributed by atoms with Crippen LogP contribution in [0.25, 0.3) is 22.1 Å². The molecule has 0 saturated heterocycles. The Hall–Kier alpha value is -7.82. The van der Waals surface area contributed by atoms with Crippen molar-refractivity contribution < 1.29 is 53.5 Å². The fraction of sp³-hybridized carbons (Fsp3) is 0.298. The molecule has 0 spiro atoms. The van der Waals surface area contributed by atoms with Crippen LogP contribution in [0.2, 0.25) is 0 Å². The van der Waals surface area contributed by atoms with Crippen LogP contribution in [-0.4, -0.2) is 58.0 Å². The molecule has 0 aliphatic heterocycles. The number of carbonyl (C=O) groups is 2. The van der Waals surface area contributed by atoms with Crippen LogP contribution in [0, 0.1) is 0 Å². The molecule has 17 nitrogen and oxygen atoms in total. The molecule has 4 heterocycles. The summed E-state index contributed by atoms with van der Waals surface area (Å²) in [5, 5.41) is 18.9. The van der Waals surface area contributed by atoms with E-state index in [4.69, 9.17) is 24.1 Å². The molecule has 1 unspecified atom stereocenters. The summed E-state index contributed by atoms with van der Waals surface area (Å²) in [7, 11) is 3.18. The number of aliphatic hydroxyl groups is 1. The maximum Gasteiger partial charge on any atom is 0.332 e. The minimum Gasteiger partial charge on any atom is -0.483 e. The van der Waals surface area contributed by atoms with Crippen LogP contribution in [0.4, 0.5) is 0 Å². The van der Waals surface area contributed by atoms with Crippen LogP contribution in [0.1, 0.15) is 105 Å². The van der Waals surface area contributed by atoms with E-state index in [1.54, 1.807) is 32.4 Å². The van der Waals surface area contributed by atoms with Gasteiger partial charge in [-0.1, -0.05) is 126 Å². The number of aryl methyl sites for hydroxylation is 2. The quantitative estimate of drug-likeness (QED) is 0.0467. The van der Waals surface area contributed by atoms with Crippen LogP contribution < -0.4 is 32.0 Å². The second-order valence-corrected chi connectivity index (χ2v) is 18.0. The Morgan fingerprint density at radius 1 is 0.627 bits per heavy atom. The first-order chi connectivity index (χ1) is 35.6. The van der Waals surface area contributed by atoms with Crippen molar-refractivity contribution in [2.24, 2.45) is 14.1 Å². The van der Waals surface area contributed by atoms with Crippen molar-refractivity contribution in [3.63, 3.8) is 0 Å². The first kappa shape index (κ1) is 58.1. The number of pyridine rings is 2. The summed E-state index contributed by atoms with van der Waals surface area (Å²) in [5.41, 5.74) is 3.45. The predicted molar refractivity (Wildman–Crippen MR) is 284 cm³/mol. The predicted octanol–water partition coefficient (Wildman–Crippen LogP) is 8.76. The SMILES string of the molecule is CC(C)c1cccc(Oc2cnc3c(c2Cc2ccccc2)c(=O)n(CCCOC=O)c(=O)n3C)c1.CCCCn1c(=O)c2c(C(O)c3ccccc3)c(Oc3cccc(C(C)C)c3)cnc2n(C)c1=O.O=CO.[Zn]. The number of aliphatic hydroxyl groups excluding tert-OH is 1. The number of carbonyl (C=O) groups excluding carboxylic acids is 1. The van der Waals surface area contributed by atoms with E-state index in [0.717, 1.165) is 27.7 Å². The number of aromatic nitrogens is 6. The molecule has 4 aromatic heterocycles. The Bertz CT molecular complexity index is 3460. The van der Waals surface area contributed by atoms with E-state index in [-0.39, 0.29) is 55.9 Å². The van der Waals surface area contributed by atoms with E-state index in [2.05, 4.69) is 37.7 Å². The zero-order valence-electron chi connectivity index (χ0n) is 43.3. The number of benzene rings is 4. The van der Waals surface area contributed by atoms with Crippen LogP contribution >= 0.6 is 0 Å². The third-order valence-electron chi connectivity index (χ3n) is 12.3. The monoisotopic (exact) mass is 1070 g/mol. The molecule has 0 aliphatic rings. The molecule has 0 bridgehead atoms. The van der Waals surface area contributed by atoms with Gasteiger partial charge in [0.15, 0.2) is 5.75 Å². The summed E-state index contributed by atoms with van der Waals surface area (Å²) in [6.45, 7) is 11.0. The normalized spacial score (nSPS) is 11.2. The van der Waals surface area contributed by atoms with Gasteiger partial charge in [0.25, 0.3) is 24.1 Å². The molecule has 0 radical (unpaired) electrons. The fourth-order valence-electron chi connectivity index (χ4n) is 8.36. The zero-order chi connectivity index (χ0) is 53.5. The van der Waals surface area contributed by atoms with E-state index in [9.17, 15) is 29.1 Å². The van der Waals surface area contributed by atoms with E-state index < -0.39 is 28.6 Å². The van der Waals surface area contributed by atoms with Crippen LogP contribution in [-0.2, 0) is 67.4 Å². The summed E-state index contributed by atoms with van der Waals surface area (Å²) in [6, 6.07) is 34.4. The molecule has 8 rings (SSSR count). The van der Waals surface area contributed by atoms with Gasteiger partial charge in [-0.2, -0.15) is 0 Å². The minimum absolute atomic E-state index is 0. The summed E-state index contributed by atoms with van der Waals surface area (Å²) >= 11 is 0. The number of nitrogens with zero attached hydrogens (tertiary/aromatic N) is 6. The molecule has 8 aromatic rings. The van der Waals surface area contributed by atoms with Crippen molar-refractivity contribution in [1.29, 1.82) is 0 Å². The third-order valence-corrected chi connectivity index (χ3v) is 12.3. The fourth-order valence-corrected chi connectivity index (χ4v) is 8.36. The molecule has 4 aromatic carbocycles. The number of carboxylic acid groups (broad SMARTS) is 1. The van der Waals surface area contributed by atoms with Gasteiger partial charge in [-0.3, -0.25) is 37.4 Å². The van der Waals surface area contributed by atoms with Gasteiger partial charge in [-0.05, 0) is 71.2 Å². The van der Waals surface area contributed by atoms with Gasteiger partial charge < -0.3 is 24.4 Å². The van der Waals surface area contributed by atoms with Crippen molar-refractivity contribution in [2.45, 2.75) is 91.3 Å². The molecule has 2 N–H and O–H groups in total. The van der Waals surface area contributed by atoms with E-state index >= 15 is 0 Å². The van der Waals surface area contributed by atoms with Crippen molar-refractivity contribution in [3.05, 3.63) is 197 Å². The molecule has 75 heavy (non-hydrogen) atoms. The Balaban J connectivity index is 0.000000260. The maximum atomic E-state index is 13.7. The van der Waals surface area contributed by atoms with Gasteiger partial charge in [-0.25, -0.2) is 19.6 Å². The summed E-state index contributed by atoms with van der Waals surface area (Å²) < 4.78 is 22.4. The van der Waals surface area contributed by atoms with Gasteiger partial charge in [0.05, 0.1) is 29.8 Å². The molecule has 0 saturated carbocycles. The first-order valence-electron chi connectivity index (χ1n) is 24.3. The first-order valence-corrected chi connectivity index (χ1v) is 24.3. The average molecular weight is 1070 g/mol. The number of fused-ring (bicyclic) bond motifs is 2. The van der Waals surface area contributed by atoms with Crippen LogP contribution in [0.15, 0.2) is 141 Å². The Morgan fingerprint density at radius 2 is 1.09 bits per heavy atom. The standard InChI is InChI=1S/C28H29N3O5.C28H31N3O4.CH2O2.Zn/c1-19(2)21-11-7-12-22(16-21)36-24-17-29-26-25(23(24)15-20-9-5-4-6-10-20)27(33)31(28(34)30(26)3)13-8-14-35-18-32;1-5-6-15-31-27(33)24-23(25(32)19-11-8-7-9-12-19)22(17-29-26(24)30(4)28(31)34)35-21-14-10-13-20(16-21)18(2)3;2-1-3;/h4-7,9-12,16-19H,8,13-15H2,1-3H3;7-14,16-18,25,32H,5-6,15H2,1-4H3;1H,(H,2,3);. The second-order valence-electron chi connectivity index (χ2n) is 18.0. The van der Waals surface area contributed by atoms with Crippen molar-refractivity contribution >= 4 is 35.0 Å². The zero-order valence-corrected chi connectivity index (χ0v) is 46.3. The number of hydrogen-bond donors (Lipinski definition) is 2. The van der Waals surface area contributed by atoms with E-state index in [1.807, 2.05) is 104 Å². The minimum atomic E-state index is -1.16. The Kier molecular flexibility index (Phi) is 21.3. The molecule has 0 fully saturated rings. The smallest absolute Gasteiger partial charge is 0.332 e. The molecule has 0 amide bonds. The van der Waals surface area contributed by atoms with Crippen molar-refractivity contribution in [3.8, 4) is 23.0 Å². The topological polar surface area (TPSA) is 216 Å². The molecular formula is C57H62N6O11Zn. The van der Waals surface area contributed by atoms with Crippen LogP contribution in [0.5, 0.6) is 23.0 Å². The molecule has 0 aliphatic carbocycles. The Morgan fingerprint density at radius 3 is 1.61 bits per heavy atom. The summed E-state index contributed by atoms with van der Waals surface area (Å²) in [6.07, 6.45) is 4.16.